The Bertz CT molecular complexity index is 503. The van der Waals surface area contributed by atoms with E-state index in [1.807, 2.05) is 0 Å². The number of amides is 1. The van der Waals surface area contributed by atoms with Crippen LogP contribution in [0.5, 0.6) is 5.75 Å². The Kier molecular flexibility index (Phi) is 6.32. The molecule has 6 nitrogen and oxygen atoms in total. The molecule has 0 radical (unpaired) electrons. The van der Waals surface area contributed by atoms with Gasteiger partial charge in [0.15, 0.2) is 0 Å². The first-order chi connectivity index (χ1) is 11.1. The average molecular weight is 326 g/mol. The number of hydrogen-bond donors (Lipinski definition) is 3. The molecule has 23 heavy (non-hydrogen) atoms. The number of methoxy groups -OCH3 is 1. The number of rotatable bonds is 7. The van der Waals surface area contributed by atoms with E-state index in [-0.39, 0.29) is 24.9 Å². The van der Waals surface area contributed by atoms with Crippen molar-refractivity contribution in [3.05, 3.63) is 30.1 Å². The van der Waals surface area contributed by atoms with Gasteiger partial charge in [-0.3, -0.25) is 4.79 Å². The monoisotopic (exact) mass is 326 g/mol. The van der Waals surface area contributed by atoms with Gasteiger partial charge in [0, 0.05) is 13.7 Å². The lowest BCUT2D eigenvalue weighted by Crippen LogP contribution is -2.55. The highest BCUT2D eigenvalue weighted by Crippen LogP contribution is 2.22. The van der Waals surface area contributed by atoms with Crippen LogP contribution in [-0.4, -0.2) is 56.1 Å². The number of carbonyl (C=O) groups is 1. The van der Waals surface area contributed by atoms with Crippen LogP contribution >= 0.6 is 0 Å². The number of aliphatic hydroxyl groups excluding tert-OH is 1. The van der Waals surface area contributed by atoms with Crippen molar-refractivity contribution in [2.24, 2.45) is 0 Å². The van der Waals surface area contributed by atoms with Crippen molar-refractivity contribution in [2.45, 2.75) is 24.5 Å². The summed E-state index contributed by atoms with van der Waals surface area (Å²) in [4.78, 5) is 12.3. The highest BCUT2D eigenvalue weighted by molar-refractivity contribution is 5.85. The lowest BCUT2D eigenvalue weighted by atomic mass is 9.91. The fourth-order valence-corrected chi connectivity index (χ4v) is 2.51. The fourth-order valence-electron chi connectivity index (χ4n) is 2.51. The number of piperidine rings is 1. The number of halogens is 1. The second kappa shape index (κ2) is 8.24. The molecule has 0 saturated carbocycles. The van der Waals surface area contributed by atoms with Crippen molar-refractivity contribution in [1.29, 1.82) is 0 Å². The minimum Gasteiger partial charge on any atom is -0.491 e. The van der Waals surface area contributed by atoms with Crippen molar-refractivity contribution < 1.29 is 23.8 Å². The predicted octanol–water partition coefficient (Wildman–Crippen LogP) is 0.450. The number of carbonyl (C=O) groups excluding carboxylic acids is 1. The van der Waals surface area contributed by atoms with Crippen LogP contribution in [0.15, 0.2) is 24.3 Å². The molecular weight excluding hydrogens is 303 g/mol. The van der Waals surface area contributed by atoms with E-state index in [9.17, 15) is 14.3 Å². The summed E-state index contributed by atoms with van der Waals surface area (Å²) < 4.78 is 23.5. The van der Waals surface area contributed by atoms with Crippen LogP contribution < -0.4 is 15.4 Å². The molecule has 1 aromatic rings. The second-order valence-corrected chi connectivity index (χ2v) is 5.58. The summed E-state index contributed by atoms with van der Waals surface area (Å²) in [6.45, 7) is 1.51. The standard InChI is InChI=1S/C16H23FN2O4/c1-22-16(6-8-18-9-7-16)15(21)19-10-13(20)11-23-14-4-2-12(17)3-5-14/h2-5,13,18,20H,6-11H2,1H3,(H,19,21). The second-order valence-electron chi connectivity index (χ2n) is 5.58. The molecule has 1 aliphatic heterocycles. The van der Waals surface area contributed by atoms with E-state index >= 15 is 0 Å². The van der Waals surface area contributed by atoms with Gasteiger partial charge in [0.05, 0.1) is 0 Å². The van der Waals surface area contributed by atoms with Crippen LogP contribution in [0, 0.1) is 5.82 Å². The zero-order chi connectivity index (χ0) is 16.7. The number of nitrogens with one attached hydrogen (secondary N) is 2. The number of hydrogen-bond acceptors (Lipinski definition) is 5. The minimum absolute atomic E-state index is 0.00739. The summed E-state index contributed by atoms with van der Waals surface area (Å²) in [5.74, 6) is -0.108. The molecule has 3 N–H and O–H groups in total. The molecule has 1 unspecified atom stereocenters. The van der Waals surface area contributed by atoms with E-state index in [0.717, 1.165) is 13.1 Å². The zero-order valence-electron chi connectivity index (χ0n) is 13.2. The summed E-state index contributed by atoms with van der Waals surface area (Å²) in [5.41, 5.74) is -0.831. The Morgan fingerprint density at radius 1 is 1.39 bits per heavy atom. The van der Waals surface area contributed by atoms with Gasteiger partial charge >= 0.3 is 0 Å². The van der Waals surface area contributed by atoms with Crippen molar-refractivity contribution >= 4 is 5.91 Å². The summed E-state index contributed by atoms with van der Waals surface area (Å²) in [6.07, 6.45) is 0.328. The SMILES string of the molecule is COC1(C(=O)NCC(O)COc2ccc(F)cc2)CCNCC1. The molecular formula is C16H23FN2O4. The van der Waals surface area contributed by atoms with Gasteiger partial charge in [-0.2, -0.15) is 0 Å². The molecule has 128 valence electrons. The quantitative estimate of drug-likeness (QED) is 0.678. The summed E-state index contributed by atoms with van der Waals surface area (Å²) in [5, 5.41) is 15.8. The van der Waals surface area contributed by atoms with E-state index in [1.165, 1.54) is 31.4 Å². The first-order valence-corrected chi connectivity index (χ1v) is 7.66. The molecule has 0 bridgehead atoms. The fraction of sp³-hybridized carbons (Fsp3) is 0.562. The normalized spacial score (nSPS) is 18.2. The summed E-state index contributed by atoms with van der Waals surface area (Å²) in [6, 6.07) is 5.52. The first-order valence-electron chi connectivity index (χ1n) is 7.66. The van der Waals surface area contributed by atoms with Crippen molar-refractivity contribution in [1.82, 2.24) is 10.6 Å². The van der Waals surface area contributed by atoms with Gasteiger partial charge in [0.1, 0.15) is 29.9 Å². The maximum absolute atomic E-state index is 12.8. The lowest BCUT2D eigenvalue weighted by Gasteiger charge is -2.35. The smallest absolute Gasteiger partial charge is 0.252 e. The van der Waals surface area contributed by atoms with Gasteiger partial charge in [-0.1, -0.05) is 0 Å². The van der Waals surface area contributed by atoms with Gasteiger partial charge in [-0.05, 0) is 50.2 Å². The van der Waals surface area contributed by atoms with Crippen molar-refractivity contribution in [3.63, 3.8) is 0 Å². The van der Waals surface area contributed by atoms with Crippen LogP contribution in [0.3, 0.4) is 0 Å². The molecule has 1 fully saturated rings. The van der Waals surface area contributed by atoms with E-state index < -0.39 is 11.7 Å². The molecule has 2 rings (SSSR count). The van der Waals surface area contributed by atoms with Gasteiger partial charge in [-0.15, -0.1) is 0 Å². The molecule has 1 aliphatic rings. The molecule has 1 saturated heterocycles. The topological polar surface area (TPSA) is 79.8 Å². The average Bonchev–Trinajstić information content (AvgIpc) is 2.59. The Morgan fingerprint density at radius 3 is 2.65 bits per heavy atom. The molecule has 1 heterocycles. The third-order valence-electron chi connectivity index (χ3n) is 3.97. The van der Waals surface area contributed by atoms with Gasteiger partial charge in [-0.25, -0.2) is 4.39 Å². The highest BCUT2D eigenvalue weighted by Gasteiger charge is 2.39. The highest BCUT2D eigenvalue weighted by atomic mass is 19.1. The van der Waals surface area contributed by atoms with Crippen molar-refractivity contribution in [3.8, 4) is 5.75 Å². The van der Waals surface area contributed by atoms with E-state index in [2.05, 4.69) is 10.6 Å². The zero-order valence-corrected chi connectivity index (χ0v) is 13.2. The minimum atomic E-state index is -0.861. The largest absolute Gasteiger partial charge is 0.491 e. The third kappa shape index (κ3) is 4.89. The Labute approximate surface area is 135 Å². The first kappa shape index (κ1) is 17.7. The third-order valence-corrected chi connectivity index (χ3v) is 3.97. The van der Waals surface area contributed by atoms with Crippen LogP contribution in [0.25, 0.3) is 0 Å². The molecule has 0 aliphatic carbocycles. The van der Waals surface area contributed by atoms with Gasteiger partial charge in [0.25, 0.3) is 5.91 Å². The van der Waals surface area contributed by atoms with Gasteiger partial charge in [0.2, 0.25) is 0 Å². The molecule has 0 spiro atoms. The summed E-state index contributed by atoms with van der Waals surface area (Å²) in [7, 11) is 1.53. The molecule has 1 amide bonds. The molecule has 7 heteroatoms. The van der Waals surface area contributed by atoms with Crippen LogP contribution in [-0.2, 0) is 9.53 Å². The number of benzene rings is 1. The Morgan fingerprint density at radius 2 is 2.04 bits per heavy atom. The van der Waals surface area contributed by atoms with Crippen LogP contribution in [0.2, 0.25) is 0 Å². The van der Waals surface area contributed by atoms with E-state index in [0.29, 0.717) is 18.6 Å². The maximum atomic E-state index is 12.8. The number of aliphatic hydroxyl groups is 1. The predicted molar refractivity (Wildman–Crippen MR) is 82.8 cm³/mol. The lowest BCUT2D eigenvalue weighted by molar-refractivity contribution is -0.147. The maximum Gasteiger partial charge on any atom is 0.252 e. The molecule has 1 atom stereocenters. The van der Waals surface area contributed by atoms with Crippen LogP contribution in [0.4, 0.5) is 4.39 Å². The van der Waals surface area contributed by atoms with E-state index in [4.69, 9.17) is 9.47 Å². The summed E-state index contributed by atoms with van der Waals surface area (Å²) >= 11 is 0. The Balaban J connectivity index is 1.75. The van der Waals surface area contributed by atoms with Crippen molar-refractivity contribution in [2.75, 3.05) is 33.4 Å². The Hall–Kier alpha value is -1.70. The molecule has 1 aromatic carbocycles. The molecule has 0 aromatic heterocycles. The van der Waals surface area contributed by atoms with Gasteiger partial charge < -0.3 is 25.2 Å². The van der Waals surface area contributed by atoms with Crippen LogP contribution in [0.1, 0.15) is 12.8 Å². The van der Waals surface area contributed by atoms with E-state index in [1.54, 1.807) is 0 Å². The number of ether oxygens (including phenoxy) is 2.